The molecule has 0 fully saturated rings. The molecule has 1 rings (SSSR count). The molecule has 1 aromatic rings. The molecule has 0 saturated carbocycles. The van der Waals surface area contributed by atoms with Gasteiger partial charge in [0.05, 0.1) is 17.2 Å². The zero-order valence-electron chi connectivity index (χ0n) is 8.52. The molecule has 0 aliphatic carbocycles. The molecular formula is C10H12ClNO3S. The molecule has 0 radical (unpaired) electrons. The number of hydrogen-bond acceptors (Lipinski definition) is 4. The van der Waals surface area contributed by atoms with Gasteiger partial charge >= 0.3 is 0 Å². The van der Waals surface area contributed by atoms with Crippen molar-refractivity contribution < 1.29 is 13.2 Å². The summed E-state index contributed by atoms with van der Waals surface area (Å²) in [5.41, 5.74) is 5.10. The van der Waals surface area contributed by atoms with Gasteiger partial charge in [-0.2, -0.15) is 0 Å². The zero-order valence-corrected chi connectivity index (χ0v) is 10.1. The van der Waals surface area contributed by atoms with Crippen LogP contribution < -0.4 is 5.73 Å². The zero-order chi connectivity index (χ0) is 12.2. The van der Waals surface area contributed by atoms with Gasteiger partial charge in [-0.1, -0.05) is 11.6 Å². The van der Waals surface area contributed by atoms with Crippen molar-refractivity contribution >= 4 is 27.2 Å². The Morgan fingerprint density at radius 2 is 1.81 bits per heavy atom. The van der Waals surface area contributed by atoms with Crippen LogP contribution >= 0.6 is 11.6 Å². The van der Waals surface area contributed by atoms with Crippen molar-refractivity contribution in [2.24, 2.45) is 5.73 Å². The largest absolute Gasteiger partial charge is 0.324 e. The second-order valence-electron chi connectivity index (χ2n) is 3.27. The Balaban J connectivity index is 2.78. The number of Topliss-reactive ketones (excluding diaryl/α,β-unsaturated/α-hetero) is 1. The molecule has 0 aliphatic heterocycles. The predicted octanol–water partition coefficient (Wildman–Crippen LogP) is 1.03. The van der Waals surface area contributed by atoms with Gasteiger partial charge in [-0.05, 0) is 24.3 Å². The molecule has 16 heavy (non-hydrogen) atoms. The van der Waals surface area contributed by atoms with E-state index in [1.807, 2.05) is 0 Å². The fourth-order valence-electron chi connectivity index (χ4n) is 1.11. The van der Waals surface area contributed by atoms with E-state index in [9.17, 15) is 13.2 Å². The first-order chi connectivity index (χ1) is 7.45. The summed E-state index contributed by atoms with van der Waals surface area (Å²) in [5, 5.41) is 0.469. The molecule has 0 bridgehead atoms. The summed E-state index contributed by atoms with van der Waals surface area (Å²) in [5.74, 6) is -0.484. The Hall–Kier alpha value is -0.910. The maximum Gasteiger partial charge on any atom is 0.178 e. The average Bonchev–Trinajstić information content (AvgIpc) is 2.26. The highest BCUT2D eigenvalue weighted by Gasteiger charge is 2.15. The lowest BCUT2D eigenvalue weighted by atomic mass is 10.3. The molecule has 0 amide bonds. The molecule has 0 aromatic heterocycles. The van der Waals surface area contributed by atoms with E-state index in [1.165, 1.54) is 24.3 Å². The third-order valence-corrected chi connectivity index (χ3v) is 4.03. The fourth-order valence-corrected chi connectivity index (χ4v) is 2.52. The molecule has 2 N–H and O–H groups in total. The van der Waals surface area contributed by atoms with Crippen LogP contribution in [0.1, 0.15) is 6.42 Å². The van der Waals surface area contributed by atoms with E-state index < -0.39 is 9.84 Å². The van der Waals surface area contributed by atoms with Crippen LogP contribution in [0.5, 0.6) is 0 Å². The second-order valence-corrected chi connectivity index (χ2v) is 5.81. The monoisotopic (exact) mass is 261 g/mol. The van der Waals surface area contributed by atoms with Crippen molar-refractivity contribution in [2.45, 2.75) is 11.3 Å². The average molecular weight is 262 g/mol. The van der Waals surface area contributed by atoms with Crippen molar-refractivity contribution in [3.05, 3.63) is 29.3 Å². The number of rotatable bonds is 5. The minimum atomic E-state index is -3.42. The van der Waals surface area contributed by atoms with Crippen molar-refractivity contribution in [1.82, 2.24) is 0 Å². The predicted molar refractivity (Wildman–Crippen MR) is 62.2 cm³/mol. The summed E-state index contributed by atoms with van der Waals surface area (Å²) >= 11 is 5.65. The Bertz CT molecular complexity index is 467. The highest BCUT2D eigenvalue weighted by Crippen LogP contribution is 2.15. The van der Waals surface area contributed by atoms with Crippen LogP contribution in [0.15, 0.2) is 29.2 Å². The maximum absolute atomic E-state index is 11.7. The number of benzene rings is 1. The molecule has 0 atom stereocenters. The van der Waals surface area contributed by atoms with Gasteiger partial charge in [-0.15, -0.1) is 0 Å². The fraction of sp³-hybridized carbons (Fsp3) is 0.300. The van der Waals surface area contributed by atoms with Gasteiger partial charge in [-0.25, -0.2) is 8.42 Å². The van der Waals surface area contributed by atoms with E-state index in [0.717, 1.165) is 0 Å². The standard InChI is InChI=1S/C10H12ClNO3S/c11-8-1-3-10(4-2-8)16(14,15)6-5-9(13)7-12/h1-4H,5-7,12H2. The van der Waals surface area contributed by atoms with E-state index >= 15 is 0 Å². The van der Waals surface area contributed by atoms with Crippen LogP contribution in [0.3, 0.4) is 0 Å². The van der Waals surface area contributed by atoms with Gasteiger partial charge < -0.3 is 5.73 Å². The molecule has 4 nitrogen and oxygen atoms in total. The number of carbonyl (C=O) groups excluding carboxylic acids is 1. The number of hydrogen-bond donors (Lipinski definition) is 1. The summed E-state index contributed by atoms with van der Waals surface area (Å²) in [6.45, 7) is -0.129. The third-order valence-electron chi connectivity index (χ3n) is 2.05. The van der Waals surface area contributed by atoms with E-state index in [2.05, 4.69) is 0 Å². The van der Waals surface area contributed by atoms with Crippen LogP contribution in [0.4, 0.5) is 0 Å². The van der Waals surface area contributed by atoms with E-state index in [4.69, 9.17) is 17.3 Å². The van der Waals surface area contributed by atoms with Crippen LogP contribution in [-0.4, -0.2) is 26.5 Å². The Labute approximate surface area is 99.3 Å². The lowest BCUT2D eigenvalue weighted by Gasteiger charge is -2.03. The quantitative estimate of drug-likeness (QED) is 0.859. The van der Waals surface area contributed by atoms with Crippen molar-refractivity contribution in [3.63, 3.8) is 0 Å². The number of halogens is 1. The molecule has 0 unspecified atom stereocenters. The number of ketones is 1. The third kappa shape index (κ3) is 3.59. The molecule has 0 aliphatic rings. The molecule has 88 valence electrons. The molecule has 1 aromatic carbocycles. The first kappa shape index (κ1) is 13.2. The highest BCUT2D eigenvalue weighted by atomic mass is 35.5. The molecule has 6 heteroatoms. The number of carbonyl (C=O) groups is 1. The van der Waals surface area contributed by atoms with Gasteiger partial charge in [0.15, 0.2) is 9.84 Å². The van der Waals surface area contributed by atoms with Crippen molar-refractivity contribution in [1.29, 1.82) is 0 Å². The second kappa shape index (κ2) is 5.43. The van der Waals surface area contributed by atoms with E-state index in [-0.39, 0.29) is 29.4 Å². The van der Waals surface area contributed by atoms with Gasteiger partial charge in [0.2, 0.25) is 0 Å². The lowest BCUT2D eigenvalue weighted by Crippen LogP contribution is -2.18. The maximum atomic E-state index is 11.7. The molecule has 0 heterocycles. The van der Waals surface area contributed by atoms with Gasteiger partial charge in [0.25, 0.3) is 0 Å². The molecule has 0 spiro atoms. The van der Waals surface area contributed by atoms with Crippen molar-refractivity contribution in [3.8, 4) is 0 Å². The minimum absolute atomic E-state index is 0.0541. The normalized spacial score (nSPS) is 11.4. The summed E-state index contributed by atoms with van der Waals surface area (Å²) in [4.78, 5) is 11.1. The summed E-state index contributed by atoms with van der Waals surface area (Å²) in [6, 6.07) is 5.84. The smallest absolute Gasteiger partial charge is 0.178 e. The Morgan fingerprint density at radius 3 is 2.31 bits per heavy atom. The first-order valence-electron chi connectivity index (χ1n) is 4.66. The first-order valence-corrected chi connectivity index (χ1v) is 6.69. The van der Waals surface area contributed by atoms with Crippen LogP contribution in [0.2, 0.25) is 5.02 Å². The van der Waals surface area contributed by atoms with Gasteiger partial charge in [-0.3, -0.25) is 4.79 Å². The topological polar surface area (TPSA) is 77.2 Å². The molecule has 0 saturated heterocycles. The van der Waals surface area contributed by atoms with Crippen LogP contribution in [-0.2, 0) is 14.6 Å². The van der Waals surface area contributed by atoms with Crippen molar-refractivity contribution in [2.75, 3.05) is 12.3 Å². The minimum Gasteiger partial charge on any atom is -0.324 e. The molecular weight excluding hydrogens is 250 g/mol. The van der Waals surface area contributed by atoms with Crippen LogP contribution in [0, 0.1) is 0 Å². The summed E-state index contributed by atoms with van der Waals surface area (Å²) in [7, 11) is -3.42. The van der Waals surface area contributed by atoms with Gasteiger partial charge in [0.1, 0.15) is 5.78 Å². The Morgan fingerprint density at radius 1 is 1.25 bits per heavy atom. The van der Waals surface area contributed by atoms with Gasteiger partial charge in [0, 0.05) is 11.4 Å². The highest BCUT2D eigenvalue weighted by molar-refractivity contribution is 7.91. The van der Waals surface area contributed by atoms with E-state index in [0.29, 0.717) is 5.02 Å². The number of sulfone groups is 1. The number of nitrogens with two attached hydrogens (primary N) is 1. The SMILES string of the molecule is NCC(=O)CCS(=O)(=O)c1ccc(Cl)cc1. The summed E-state index contributed by atoms with van der Waals surface area (Å²) in [6.07, 6.45) is -0.0541. The summed E-state index contributed by atoms with van der Waals surface area (Å²) < 4.78 is 23.5. The van der Waals surface area contributed by atoms with E-state index in [1.54, 1.807) is 0 Å². The van der Waals surface area contributed by atoms with Crippen LogP contribution in [0.25, 0.3) is 0 Å². The lowest BCUT2D eigenvalue weighted by molar-refractivity contribution is -0.117. The Kier molecular flexibility index (Phi) is 4.46.